The Bertz CT molecular complexity index is 3320. The van der Waals surface area contributed by atoms with Gasteiger partial charge in [-0.3, -0.25) is 0 Å². The fourth-order valence-electron chi connectivity index (χ4n) is 10.5. The molecule has 0 radical (unpaired) electrons. The van der Waals surface area contributed by atoms with Crippen molar-refractivity contribution in [3.8, 4) is 56.2 Å². The molecule has 2 aliphatic rings. The molecule has 0 saturated heterocycles. The Morgan fingerprint density at radius 1 is 0.475 bits per heavy atom. The van der Waals surface area contributed by atoms with Gasteiger partial charge in [-0.25, -0.2) is 15.0 Å². The van der Waals surface area contributed by atoms with Gasteiger partial charge < -0.3 is 0 Å². The van der Waals surface area contributed by atoms with Crippen LogP contribution < -0.4 is 0 Å². The van der Waals surface area contributed by atoms with Crippen molar-refractivity contribution in [3.05, 3.63) is 221 Å². The first-order chi connectivity index (χ1) is 30.1. The molecule has 2 aliphatic carbocycles. The molecule has 8 aromatic carbocycles. The van der Waals surface area contributed by atoms with Crippen molar-refractivity contribution in [2.75, 3.05) is 0 Å². The van der Waals surface area contributed by atoms with Crippen LogP contribution >= 0.6 is 11.3 Å². The Morgan fingerprint density at radius 2 is 1.05 bits per heavy atom. The van der Waals surface area contributed by atoms with Crippen molar-refractivity contribution in [3.63, 3.8) is 0 Å². The average molecular weight is 800 g/mol. The molecule has 0 bridgehead atoms. The smallest absolute Gasteiger partial charge is 0.165 e. The van der Waals surface area contributed by atoms with Gasteiger partial charge in [0.25, 0.3) is 0 Å². The Kier molecular flexibility index (Phi) is 8.26. The van der Waals surface area contributed by atoms with Gasteiger partial charge in [0.05, 0.1) is 5.41 Å². The lowest BCUT2D eigenvalue weighted by atomic mass is 9.70. The van der Waals surface area contributed by atoms with Crippen molar-refractivity contribution in [2.24, 2.45) is 0 Å². The standard InChI is InChI=1S/C57H41N3S/c1-3-36(54-58-55(37-18-5-4-6-19-37)60-56(59-54)45-27-17-26-44-43-25-12-16-31-52(43)61-53(44)45)33-38-20-7-8-21-39(38)46-34-47-42-24-11-15-30-50(42)57(51(47)32-35(46)2)48-28-13-9-22-40(48)41-23-10-14-29-49(41)57/h4-32,34,36H,3,33H2,1-2H3. The minimum absolute atomic E-state index is 0.0668. The second-order valence-electron chi connectivity index (χ2n) is 16.6. The zero-order valence-corrected chi connectivity index (χ0v) is 34.9. The lowest BCUT2D eigenvalue weighted by Crippen LogP contribution is -2.25. The van der Waals surface area contributed by atoms with Gasteiger partial charge in [-0.15, -0.1) is 11.3 Å². The summed E-state index contributed by atoms with van der Waals surface area (Å²) in [7, 11) is 0. The number of aryl methyl sites for hydroxylation is 1. The Morgan fingerprint density at radius 3 is 1.77 bits per heavy atom. The van der Waals surface area contributed by atoms with E-state index in [9.17, 15) is 0 Å². The highest BCUT2D eigenvalue weighted by molar-refractivity contribution is 7.26. The third-order valence-electron chi connectivity index (χ3n) is 13.3. The molecule has 3 nitrogen and oxygen atoms in total. The quantitative estimate of drug-likeness (QED) is 0.161. The highest BCUT2D eigenvalue weighted by atomic mass is 32.1. The maximum atomic E-state index is 5.37. The van der Waals surface area contributed by atoms with Crippen molar-refractivity contribution in [1.29, 1.82) is 0 Å². The molecule has 0 fully saturated rings. The lowest BCUT2D eigenvalue weighted by Gasteiger charge is -2.31. The number of hydrogen-bond donors (Lipinski definition) is 0. The Hall–Kier alpha value is -7.01. The molecule has 10 aromatic rings. The Labute approximate surface area is 360 Å². The van der Waals surface area contributed by atoms with Crippen LogP contribution in [0.15, 0.2) is 182 Å². The van der Waals surface area contributed by atoms with Crippen molar-refractivity contribution in [2.45, 2.75) is 38.0 Å². The first kappa shape index (κ1) is 35.9. The number of fused-ring (bicyclic) bond motifs is 13. The summed E-state index contributed by atoms with van der Waals surface area (Å²) in [6.07, 6.45) is 1.69. The molecular weight excluding hydrogens is 759 g/mol. The van der Waals surface area contributed by atoms with Gasteiger partial charge in [-0.1, -0.05) is 171 Å². The number of benzene rings is 8. The maximum absolute atomic E-state index is 5.37. The summed E-state index contributed by atoms with van der Waals surface area (Å²) < 4.78 is 2.47. The summed E-state index contributed by atoms with van der Waals surface area (Å²) in [5.41, 5.74) is 17.6. The molecule has 290 valence electrons. The molecule has 1 atom stereocenters. The van der Waals surface area contributed by atoms with Crippen molar-refractivity contribution < 1.29 is 0 Å². The van der Waals surface area contributed by atoms with E-state index in [-0.39, 0.29) is 11.3 Å². The Balaban J connectivity index is 0.989. The van der Waals surface area contributed by atoms with Gasteiger partial charge in [-0.2, -0.15) is 0 Å². The van der Waals surface area contributed by atoms with Crippen LogP contribution in [0.1, 0.15) is 58.5 Å². The van der Waals surface area contributed by atoms with Crippen LogP contribution in [0.5, 0.6) is 0 Å². The summed E-state index contributed by atoms with van der Waals surface area (Å²) >= 11 is 1.81. The average Bonchev–Trinajstić information content (AvgIpc) is 3.95. The topological polar surface area (TPSA) is 38.7 Å². The van der Waals surface area contributed by atoms with E-state index in [1.807, 2.05) is 17.4 Å². The van der Waals surface area contributed by atoms with Gasteiger partial charge in [0.15, 0.2) is 11.6 Å². The summed E-state index contributed by atoms with van der Waals surface area (Å²) in [4.78, 5) is 15.8. The molecule has 2 heterocycles. The molecule has 61 heavy (non-hydrogen) atoms. The SMILES string of the molecule is CCC(Cc1ccccc1-c1cc2c(cc1C)C1(c3ccccc3-c3ccccc31)c1ccccc1-2)c1nc(-c2ccccc2)nc(-c2cccc3c2sc2ccccc23)n1. The highest BCUT2D eigenvalue weighted by Gasteiger charge is 2.51. The van der Waals surface area contributed by atoms with E-state index in [2.05, 4.69) is 190 Å². The molecule has 1 unspecified atom stereocenters. The van der Waals surface area contributed by atoms with Crippen LogP contribution in [0.2, 0.25) is 0 Å². The summed E-state index contributed by atoms with van der Waals surface area (Å²) in [6.45, 7) is 4.56. The second-order valence-corrected chi connectivity index (χ2v) is 17.6. The van der Waals surface area contributed by atoms with E-state index in [1.165, 1.54) is 86.9 Å². The summed E-state index contributed by atoms with van der Waals surface area (Å²) in [5.74, 6) is 2.34. The van der Waals surface area contributed by atoms with E-state index in [1.54, 1.807) is 0 Å². The van der Waals surface area contributed by atoms with Crippen LogP contribution in [0.25, 0.3) is 76.3 Å². The predicted octanol–water partition coefficient (Wildman–Crippen LogP) is 14.6. The second kappa shape index (κ2) is 14.0. The zero-order chi connectivity index (χ0) is 40.7. The van der Waals surface area contributed by atoms with Gasteiger partial charge in [0.1, 0.15) is 5.82 Å². The van der Waals surface area contributed by atoms with Crippen LogP contribution in [0.4, 0.5) is 0 Å². The largest absolute Gasteiger partial charge is 0.213 e. The first-order valence-electron chi connectivity index (χ1n) is 21.4. The van der Waals surface area contributed by atoms with Crippen LogP contribution in [-0.4, -0.2) is 15.0 Å². The minimum atomic E-state index is -0.359. The van der Waals surface area contributed by atoms with Gasteiger partial charge >= 0.3 is 0 Å². The third-order valence-corrected chi connectivity index (χ3v) is 14.5. The van der Waals surface area contributed by atoms with Gasteiger partial charge in [-0.05, 0) is 105 Å². The van der Waals surface area contributed by atoms with Crippen molar-refractivity contribution >= 4 is 31.5 Å². The monoisotopic (exact) mass is 799 g/mol. The molecule has 1 spiro atoms. The molecule has 2 aromatic heterocycles. The van der Waals surface area contributed by atoms with E-state index in [4.69, 9.17) is 15.0 Å². The van der Waals surface area contributed by atoms with E-state index in [0.29, 0.717) is 5.82 Å². The molecule has 0 amide bonds. The number of thiophene rings is 1. The molecular formula is C57H41N3S. The highest BCUT2D eigenvalue weighted by Crippen LogP contribution is 2.63. The van der Waals surface area contributed by atoms with E-state index < -0.39 is 0 Å². The molecule has 4 heteroatoms. The molecule has 12 rings (SSSR count). The fraction of sp³-hybridized carbons (Fsp3) is 0.105. The predicted molar refractivity (Wildman–Crippen MR) is 253 cm³/mol. The van der Waals surface area contributed by atoms with Gasteiger partial charge in [0.2, 0.25) is 0 Å². The number of hydrogen-bond acceptors (Lipinski definition) is 4. The number of aromatic nitrogens is 3. The van der Waals surface area contributed by atoms with E-state index in [0.717, 1.165) is 35.6 Å². The van der Waals surface area contributed by atoms with Crippen LogP contribution in [0, 0.1) is 6.92 Å². The van der Waals surface area contributed by atoms with Gasteiger partial charge in [0, 0.05) is 37.2 Å². The lowest BCUT2D eigenvalue weighted by molar-refractivity contribution is 0.616. The maximum Gasteiger partial charge on any atom is 0.165 e. The third kappa shape index (κ3) is 5.38. The van der Waals surface area contributed by atoms with Crippen LogP contribution in [0.3, 0.4) is 0 Å². The summed E-state index contributed by atoms with van der Waals surface area (Å²) in [5, 5.41) is 2.50. The first-order valence-corrected chi connectivity index (χ1v) is 22.2. The normalized spacial score (nSPS) is 13.6. The summed E-state index contributed by atoms with van der Waals surface area (Å²) in [6, 6.07) is 66.7. The molecule has 0 N–H and O–H groups in total. The van der Waals surface area contributed by atoms with E-state index >= 15 is 0 Å². The van der Waals surface area contributed by atoms with Crippen LogP contribution in [-0.2, 0) is 11.8 Å². The number of nitrogens with zero attached hydrogens (tertiary/aromatic N) is 3. The molecule has 0 aliphatic heterocycles. The van der Waals surface area contributed by atoms with Crippen molar-refractivity contribution in [1.82, 2.24) is 15.0 Å². The zero-order valence-electron chi connectivity index (χ0n) is 34.1. The molecule has 0 saturated carbocycles. The minimum Gasteiger partial charge on any atom is -0.213 e. The fourth-order valence-corrected chi connectivity index (χ4v) is 11.7. The number of rotatable bonds is 7.